The molecular formula is C18H19NO2S. The topological polar surface area (TPSA) is 38.5 Å². The number of aromatic nitrogens is 1. The highest BCUT2D eigenvalue weighted by Gasteiger charge is 2.08. The number of hydrogen-bond acceptors (Lipinski definition) is 2. The van der Waals surface area contributed by atoms with Crippen molar-refractivity contribution in [3.8, 4) is 11.1 Å². The van der Waals surface area contributed by atoms with Gasteiger partial charge in [0, 0.05) is 29.2 Å². The molecule has 2 heterocycles. The van der Waals surface area contributed by atoms with Crippen molar-refractivity contribution in [3.63, 3.8) is 0 Å². The Balaban J connectivity index is 1.88. The Hall–Kier alpha value is -2.07. The molecule has 0 spiro atoms. The van der Waals surface area contributed by atoms with Crippen LogP contribution in [0.3, 0.4) is 0 Å². The van der Waals surface area contributed by atoms with Crippen LogP contribution in [0.1, 0.15) is 12.5 Å². The lowest BCUT2D eigenvalue weighted by Crippen LogP contribution is -2.11. The minimum absolute atomic E-state index is 0.205. The van der Waals surface area contributed by atoms with Crippen molar-refractivity contribution >= 4 is 15.4 Å². The summed E-state index contributed by atoms with van der Waals surface area (Å²) in [5.41, 5.74) is 4.50. The summed E-state index contributed by atoms with van der Waals surface area (Å²) in [4.78, 5) is 0. The predicted octanol–water partition coefficient (Wildman–Crippen LogP) is 3.58. The number of hydrogen-bond donors (Lipinski definition) is 0. The summed E-state index contributed by atoms with van der Waals surface area (Å²) in [5, 5.41) is 0. The van der Waals surface area contributed by atoms with Crippen LogP contribution in [-0.2, 0) is 16.3 Å². The Morgan fingerprint density at radius 2 is 1.73 bits per heavy atom. The molecule has 3 aromatic rings. The van der Waals surface area contributed by atoms with Gasteiger partial charge in [-0.3, -0.25) is 0 Å². The van der Waals surface area contributed by atoms with Crippen LogP contribution in [0.25, 0.3) is 16.6 Å². The molecule has 0 atom stereocenters. The average molecular weight is 313 g/mol. The van der Waals surface area contributed by atoms with Gasteiger partial charge in [-0.2, -0.15) is 0 Å². The summed E-state index contributed by atoms with van der Waals surface area (Å²) in [6.07, 6.45) is 4.67. The maximum absolute atomic E-state index is 11.6. The second kappa shape index (κ2) is 5.97. The molecular weight excluding hydrogens is 294 g/mol. The minimum Gasteiger partial charge on any atom is -0.323 e. The molecule has 22 heavy (non-hydrogen) atoms. The Labute approximate surface area is 131 Å². The summed E-state index contributed by atoms with van der Waals surface area (Å²) < 4.78 is 25.3. The zero-order chi connectivity index (χ0) is 15.6. The van der Waals surface area contributed by atoms with Gasteiger partial charge in [0.05, 0.1) is 5.75 Å². The minimum atomic E-state index is -2.92. The van der Waals surface area contributed by atoms with Crippen LogP contribution in [0, 0.1) is 0 Å². The first-order valence-corrected chi connectivity index (χ1v) is 9.26. The molecule has 114 valence electrons. The molecule has 0 saturated carbocycles. The molecule has 0 amide bonds. The Bertz CT molecular complexity index is 880. The number of pyridine rings is 1. The Morgan fingerprint density at radius 3 is 2.45 bits per heavy atom. The largest absolute Gasteiger partial charge is 0.323 e. The fourth-order valence-electron chi connectivity index (χ4n) is 2.51. The molecule has 3 nitrogen and oxygen atoms in total. The second-order valence-electron chi connectivity index (χ2n) is 5.45. The third-order valence-corrected chi connectivity index (χ3v) is 5.61. The SMILES string of the molecule is CCS(=O)(=O)CCc1ccc2cc(-c3ccccc3)cn2c1. The van der Waals surface area contributed by atoms with Crippen molar-refractivity contribution in [1.29, 1.82) is 0 Å². The van der Waals surface area contributed by atoms with Gasteiger partial charge in [-0.05, 0) is 29.7 Å². The number of rotatable bonds is 5. The molecule has 0 radical (unpaired) electrons. The lowest BCUT2D eigenvalue weighted by Gasteiger charge is -2.03. The zero-order valence-electron chi connectivity index (χ0n) is 12.6. The summed E-state index contributed by atoms with van der Waals surface area (Å²) in [6, 6.07) is 16.4. The van der Waals surface area contributed by atoms with Crippen molar-refractivity contribution in [2.75, 3.05) is 11.5 Å². The molecule has 0 aliphatic carbocycles. The van der Waals surface area contributed by atoms with Crippen molar-refractivity contribution in [2.45, 2.75) is 13.3 Å². The van der Waals surface area contributed by atoms with E-state index in [1.807, 2.05) is 36.5 Å². The van der Waals surface area contributed by atoms with Crippen LogP contribution in [0.15, 0.2) is 60.9 Å². The highest BCUT2D eigenvalue weighted by Crippen LogP contribution is 2.22. The number of aryl methyl sites for hydroxylation is 1. The number of fused-ring (bicyclic) bond motifs is 1. The third-order valence-electron chi connectivity index (χ3n) is 3.90. The predicted molar refractivity (Wildman–Crippen MR) is 90.9 cm³/mol. The first kappa shape index (κ1) is 14.9. The molecule has 0 N–H and O–H groups in total. The van der Waals surface area contributed by atoms with E-state index < -0.39 is 9.84 Å². The van der Waals surface area contributed by atoms with Crippen LogP contribution in [0.2, 0.25) is 0 Å². The fraction of sp³-hybridized carbons (Fsp3) is 0.222. The first-order valence-electron chi connectivity index (χ1n) is 7.44. The molecule has 4 heteroatoms. The van der Waals surface area contributed by atoms with Gasteiger partial charge in [0.2, 0.25) is 0 Å². The number of sulfone groups is 1. The van der Waals surface area contributed by atoms with Crippen molar-refractivity contribution in [2.24, 2.45) is 0 Å². The summed E-state index contributed by atoms with van der Waals surface area (Å²) >= 11 is 0. The van der Waals surface area contributed by atoms with Gasteiger partial charge < -0.3 is 4.40 Å². The molecule has 1 aromatic carbocycles. The maximum atomic E-state index is 11.6. The Kier molecular flexibility index (Phi) is 4.03. The molecule has 2 aromatic heterocycles. The highest BCUT2D eigenvalue weighted by atomic mass is 32.2. The van der Waals surface area contributed by atoms with E-state index in [0.29, 0.717) is 6.42 Å². The molecule has 3 rings (SSSR count). The van der Waals surface area contributed by atoms with E-state index in [9.17, 15) is 8.42 Å². The van der Waals surface area contributed by atoms with Crippen molar-refractivity contribution < 1.29 is 8.42 Å². The van der Waals surface area contributed by atoms with Gasteiger partial charge in [0.15, 0.2) is 0 Å². The lowest BCUT2D eigenvalue weighted by molar-refractivity contribution is 0.596. The van der Waals surface area contributed by atoms with Crippen molar-refractivity contribution in [1.82, 2.24) is 4.40 Å². The van der Waals surface area contributed by atoms with E-state index in [0.717, 1.165) is 11.1 Å². The van der Waals surface area contributed by atoms with Gasteiger partial charge in [0.25, 0.3) is 0 Å². The molecule has 0 fully saturated rings. The van der Waals surface area contributed by atoms with E-state index >= 15 is 0 Å². The van der Waals surface area contributed by atoms with Gasteiger partial charge in [-0.25, -0.2) is 8.42 Å². The standard InChI is InChI=1S/C18H19NO2S/c1-2-22(20,21)11-10-15-8-9-18-12-17(14-19(18)13-15)16-6-4-3-5-7-16/h3-9,12-14H,2,10-11H2,1H3. The lowest BCUT2D eigenvalue weighted by atomic mass is 10.1. The van der Waals surface area contributed by atoms with Gasteiger partial charge in [-0.1, -0.05) is 43.3 Å². The fourth-order valence-corrected chi connectivity index (χ4v) is 3.35. The second-order valence-corrected chi connectivity index (χ2v) is 7.92. The van der Waals surface area contributed by atoms with Gasteiger partial charge in [0.1, 0.15) is 9.84 Å². The average Bonchev–Trinajstić information content (AvgIpc) is 2.97. The normalized spacial score (nSPS) is 11.9. The van der Waals surface area contributed by atoms with Crippen LogP contribution >= 0.6 is 0 Å². The highest BCUT2D eigenvalue weighted by molar-refractivity contribution is 7.91. The summed E-state index contributed by atoms with van der Waals surface area (Å²) in [6.45, 7) is 1.69. The third kappa shape index (κ3) is 3.22. The van der Waals surface area contributed by atoms with Gasteiger partial charge >= 0.3 is 0 Å². The molecule has 0 saturated heterocycles. The van der Waals surface area contributed by atoms with E-state index in [1.54, 1.807) is 6.92 Å². The van der Waals surface area contributed by atoms with Gasteiger partial charge in [-0.15, -0.1) is 0 Å². The molecule has 0 aliphatic heterocycles. The monoisotopic (exact) mass is 313 g/mol. The van der Waals surface area contributed by atoms with Crippen LogP contribution < -0.4 is 0 Å². The molecule has 0 aliphatic rings. The number of benzene rings is 1. The van der Waals surface area contributed by atoms with Crippen LogP contribution in [0.4, 0.5) is 0 Å². The molecule has 0 unspecified atom stereocenters. The maximum Gasteiger partial charge on any atom is 0.150 e. The smallest absolute Gasteiger partial charge is 0.150 e. The van der Waals surface area contributed by atoms with Crippen LogP contribution in [-0.4, -0.2) is 24.3 Å². The molecule has 0 bridgehead atoms. The van der Waals surface area contributed by atoms with E-state index in [-0.39, 0.29) is 11.5 Å². The van der Waals surface area contributed by atoms with E-state index in [2.05, 4.69) is 28.8 Å². The van der Waals surface area contributed by atoms with Crippen molar-refractivity contribution in [3.05, 3.63) is 66.5 Å². The zero-order valence-corrected chi connectivity index (χ0v) is 13.4. The Morgan fingerprint density at radius 1 is 0.955 bits per heavy atom. The van der Waals surface area contributed by atoms with E-state index in [4.69, 9.17) is 0 Å². The first-order chi connectivity index (χ1) is 10.6. The van der Waals surface area contributed by atoms with E-state index in [1.165, 1.54) is 11.1 Å². The van der Waals surface area contributed by atoms with Crippen LogP contribution in [0.5, 0.6) is 0 Å². The summed E-state index contributed by atoms with van der Waals surface area (Å²) in [5.74, 6) is 0.415. The summed E-state index contributed by atoms with van der Waals surface area (Å²) in [7, 11) is -2.92. The quantitative estimate of drug-likeness (QED) is 0.722. The number of nitrogens with zero attached hydrogens (tertiary/aromatic N) is 1.